The standard InChI is InChI=1S/C17H15F4N5/c1-8-5-12-10(7-22-25-12)6-13(8)26-15(9(2)18)23-11-3-4-14(17(19,20)21)24-16(11)26/h3-9,13,25H,1-2H3. The molecule has 3 unspecified atom stereocenters. The van der Waals surface area contributed by atoms with E-state index in [1.54, 1.807) is 6.20 Å². The van der Waals surface area contributed by atoms with Crippen LogP contribution in [0.3, 0.4) is 0 Å². The van der Waals surface area contributed by atoms with Crippen molar-refractivity contribution >= 4 is 23.3 Å². The lowest BCUT2D eigenvalue weighted by Gasteiger charge is -2.24. The van der Waals surface area contributed by atoms with Gasteiger partial charge in [-0.1, -0.05) is 19.1 Å². The van der Waals surface area contributed by atoms with Crippen molar-refractivity contribution in [3.63, 3.8) is 0 Å². The molecular formula is C17H15F4N5. The summed E-state index contributed by atoms with van der Waals surface area (Å²) in [7, 11) is 0. The average Bonchev–Trinajstić information content (AvgIpc) is 3.15. The van der Waals surface area contributed by atoms with Crippen LogP contribution in [0.5, 0.6) is 0 Å². The predicted octanol–water partition coefficient (Wildman–Crippen LogP) is 2.66. The van der Waals surface area contributed by atoms with Crippen LogP contribution in [0.2, 0.25) is 0 Å². The van der Waals surface area contributed by atoms with Gasteiger partial charge in [-0.15, -0.1) is 0 Å². The summed E-state index contributed by atoms with van der Waals surface area (Å²) >= 11 is 0. The molecule has 3 aromatic rings. The Morgan fingerprint density at radius 2 is 1.96 bits per heavy atom. The first kappa shape index (κ1) is 16.7. The summed E-state index contributed by atoms with van der Waals surface area (Å²) < 4.78 is 55.0. The van der Waals surface area contributed by atoms with Crippen molar-refractivity contribution in [3.8, 4) is 0 Å². The van der Waals surface area contributed by atoms with Crippen molar-refractivity contribution in [3.05, 3.63) is 40.4 Å². The maximum atomic E-state index is 14.2. The number of rotatable bonds is 2. The number of halogens is 4. The molecule has 5 nitrogen and oxygen atoms in total. The molecule has 0 aromatic carbocycles. The second-order valence-corrected chi connectivity index (χ2v) is 6.42. The van der Waals surface area contributed by atoms with Gasteiger partial charge in [-0.05, 0) is 19.1 Å². The van der Waals surface area contributed by atoms with Gasteiger partial charge in [0.1, 0.15) is 17.0 Å². The van der Waals surface area contributed by atoms with Gasteiger partial charge < -0.3 is 4.57 Å². The number of aromatic amines is 1. The van der Waals surface area contributed by atoms with Crippen LogP contribution in [0, 0.1) is 5.92 Å². The molecule has 0 amide bonds. The minimum Gasteiger partial charge on any atom is -0.303 e. The third kappa shape index (κ3) is 2.58. The number of nitrogens with one attached hydrogen (secondary N) is 1. The van der Waals surface area contributed by atoms with E-state index in [-0.39, 0.29) is 22.9 Å². The lowest BCUT2D eigenvalue weighted by molar-refractivity contribution is -0.141. The molecule has 0 saturated heterocycles. The summed E-state index contributed by atoms with van der Waals surface area (Å²) in [4.78, 5) is 7.94. The predicted molar refractivity (Wildman–Crippen MR) is 87.0 cm³/mol. The number of nitrogens with zero attached hydrogens (tertiary/aromatic N) is 4. The van der Waals surface area contributed by atoms with Gasteiger partial charge in [0.15, 0.2) is 11.8 Å². The number of aromatic nitrogens is 5. The quantitative estimate of drug-likeness (QED) is 0.711. The number of pyridine rings is 1. The zero-order valence-electron chi connectivity index (χ0n) is 13.9. The van der Waals surface area contributed by atoms with Crippen LogP contribution in [-0.2, 0) is 6.18 Å². The molecule has 3 aromatic heterocycles. The van der Waals surface area contributed by atoms with E-state index in [0.717, 1.165) is 16.6 Å². The van der Waals surface area contributed by atoms with Gasteiger partial charge in [-0.2, -0.15) is 18.3 Å². The highest BCUT2D eigenvalue weighted by atomic mass is 19.4. The number of H-pyrrole nitrogens is 1. The Balaban J connectivity index is 1.99. The number of hydrogen-bond donors (Lipinski definition) is 1. The maximum absolute atomic E-state index is 14.2. The van der Waals surface area contributed by atoms with Crippen molar-refractivity contribution in [2.75, 3.05) is 0 Å². The molecule has 3 atom stereocenters. The first-order valence-electron chi connectivity index (χ1n) is 8.09. The Hall–Kier alpha value is -2.71. The molecule has 0 saturated carbocycles. The van der Waals surface area contributed by atoms with E-state index in [0.29, 0.717) is 0 Å². The molecule has 4 rings (SSSR count). The molecule has 0 aliphatic heterocycles. The smallest absolute Gasteiger partial charge is 0.303 e. The van der Waals surface area contributed by atoms with Crippen LogP contribution < -0.4 is 10.6 Å². The molecule has 0 radical (unpaired) electrons. The Morgan fingerprint density at radius 3 is 2.65 bits per heavy atom. The van der Waals surface area contributed by atoms with Gasteiger partial charge in [-0.25, -0.2) is 14.4 Å². The number of hydrogen-bond acceptors (Lipinski definition) is 3. The van der Waals surface area contributed by atoms with Crippen molar-refractivity contribution in [1.82, 2.24) is 24.7 Å². The molecule has 0 spiro atoms. The maximum Gasteiger partial charge on any atom is 0.433 e. The number of imidazole rings is 1. The van der Waals surface area contributed by atoms with E-state index >= 15 is 0 Å². The fraction of sp³-hybridized carbons (Fsp3) is 0.353. The fourth-order valence-corrected chi connectivity index (χ4v) is 3.30. The SMILES string of the molecule is CC(F)c1nc2ccc(C(F)(F)F)nc2n1C1C=c2cn[nH]c2=CC1C. The summed E-state index contributed by atoms with van der Waals surface area (Å²) in [6.45, 7) is 3.21. The molecule has 1 aliphatic carbocycles. The minimum absolute atomic E-state index is 0.0211. The van der Waals surface area contributed by atoms with Gasteiger partial charge in [0.25, 0.3) is 0 Å². The van der Waals surface area contributed by atoms with Crippen molar-refractivity contribution in [2.24, 2.45) is 5.92 Å². The van der Waals surface area contributed by atoms with Crippen LogP contribution in [0.25, 0.3) is 23.3 Å². The van der Waals surface area contributed by atoms with E-state index in [1.807, 2.05) is 19.1 Å². The Morgan fingerprint density at radius 1 is 1.19 bits per heavy atom. The van der Waals surface area contributed by atoms with Crippen molar-refractivity contribution in [2.45, 2.75) is 32.2 Å². The molecule has 9 heteroatoms. The zero-order chi connectivity index (χ0) is 18.6. The largest absolute Gasteiger partial charge is 0.433 e. The topological polar surface area (TPSA) is 59.4 Å². The summed E-state index contributed by atoms with van der Waals surface area (Å²) in [6, 6.07) is 1.67. The van der Waals surface area contributed by atoms with Gasteiger partial charge in [-0.3, -0.25) is 5.10 Å². The van der Waals surface area contributed by atoms with Gasteiger partial charge in [0.2, 0.25) is 0 Å². The zero-order valence-corrected chi connectivity index (χ0v) is 13.9. The van der Waals surface area contributed by atoms with Crippen LogP contribution in [-0.4, -0.2) is 24.7 Å². The summed E-state index contributed by atoms with van der Waals surface area (Å²) in [5.41, 5.74) is -0.774. The summed E-state index contributed by atoms with van der Waals surface area (Å²) in [5, 5.41) is 8.46. The molecule has 3 heterocycles. The van der Waals surface area contributed by atoms with Crippen molar-refractivity contribution < 1.29 is 17.6 Å². The van der Waals surface area contributed by atoms with Gasteiger partial charge in [0.05, 0.1) is 17.6 Å². The van der Waals surface area contributed by atoms with E-state index in [9.17, 15) is 17.6 Å². The Kier molecular flexibility index (Phi) is 3.64. The third-order valence-corrected chi connectivity index (χ3v) is 4.53. The highest BCUT2D eigenvalue weighted by Crippen LogP contribution is 2.34. The molecule has 136 valence electrons. The summed E-state index contributed by atoms with van der Waals surface area (Å²) in [6.07, 6.45) is -0.657. The Bertz CT molecular complexity index is 1090. The average molecular weight is 365 g/mol. The highest BCUT2D eigenvalue weighted by Gasteiger charge is 2.34. The molecule has 1 aliphatic rings. The van der Waals surface area contributed by atoms with Crippen LogP contribution in [0.15, 0.2) is 18.3 Å². The lowest BCUT2D eigenvalue weighted by Crippen LogP contribution is -2.32. The van der Waals surface area contributed by atoms with E-state index in [1.165, 1.54) is 17.6 Å². The minimum atomic E-state index is -4.59. The van der Waals surface area contributed by atoms with Crippen LogP contribution in [0.4, 0.5) is 17.6 Å². The lowest BCUT2D eigenvalue weighted by atomic mass is 9.96. The van der Waals surface area contributed by atoms with Gasteiger partial charge >= 0.3 is 6.18 Å². The van der Waals surface area contributed by atoms with Crippen molar-refractivity contribution in [1.29, 1.82) is 0 Å². The first-order chi connectivity index (χ1) is 12.3. The third-order valence-electron chi connectivity index (χ3n) is 4.53. The summed E-state index contributed by atoms with van der Waals surface area (Å²) in [5.74, 6) is -0.0607. The monoisotopic (exact) mass is 365 g/mol. The van der Waals surface area contributed by atoms with E-state index in [4.69, 9.17) is 0 Å². The first-order valence-corrected chi connectivity index (χ1v) is 8.09. The van der Waals surface area contributed by atoms with E-state index in [2.05, 4.69) is 20.2 Å². The normalized spacial score (nSPS) is 21.2. The highest BCUT2D eigenvalue weighted by molar-refractivity contribution is 5.73. The Labute approximate surface area is 145 Å². The number of alkyl halides is 4. The van der Waals surface area contributed by atoms with E-state index < -0.39 is 24.1 Å². The number of fused-ring (bicyclic) bond motifs is 2. The van der Waals surface area contributed by atoms with Gasteiger partial charge in [0, 0.05) is 11.1 Å². The molecular weight excluding hydrogens is 350 g/mol. The second-order valence-electron chi connectivity index (χ2n) is 6.42. The fourth-order valence-electron chi connectivity index (χ4n) is 3.30. The van der Waals surface area contributed by atoms with Crippen LogP contribution >= 0.6 is 0 Å². The second kappa shape index (κ2) is 5.65. The molecule has 0 bridgehead atoms. The molecule has 26 heavy (non-hydrogen) atoms. The molecule has 1 N–H and O–H groups in total. The molecule has 0 fully saturated rings. The van der Waals surface area contributed by atoms with Crippen LogP contribution in [0.1, 0.15) is 37.6 Å².